The smallest absolute Gasteiger partial charge is 0.0613 e. The molecule has 0 spiro atoms. The predicted molar refractivity (Wildman–Crippen MR) is 64.0 cm³/mol. The fraction of sp³-hybridized carbons (Fsp3) is 1.00. The molecule has 2 N–H and O–H groups in total. The van der Waals surface area contributed by atoms with Crippen molar-refractivity contribution in [2.75, 3.05) is 33.8 Å². The van der Waals surface area contributed by atoms with E-state index in [0.29, 0.717) is 0 Å². The van der Waals surface area contributed by atoms with Crippen LogP contribution in [0, 0.1) is 5.92 Å². The van der Waals surface area contributed by atoms with E-state index in [4.69, 9.17) is 0 Å². The van der Waals surface area contributed by atoms with Crippen LogP contribution >= 0.6 is 0 Å². The molecule has 1 aliphatic rings. The molecule has 0 heterocycles. The molecular formula is C12H26N2O. The molecule has 90 valence electrons. The van der Waals surface area contributed by atoms with Crippen LogP contribution in [0.5, 0.6) is 0 Å². The van der Waals surface area contributed by atoms with E-state index in [1.807, 2.05) is 0 Å². The van der Waals surface area contributed by atoms with Crippen molar-refractivity contribution in [3.63, 3.8) is 0 Å². The molecule has 0 saturated heterocycles. The summed E-state index contributed by atoms with van der Waals surface area (Å²) < 4.78 is 0. The molecular weight excluding hydrogens is 188 g/mol. The Balaban J connectivity index is 2.34. The summed E-state index contributed by atoms with van der Waals surface area (Å²) in [6.07, 6.45) is 4.80. The number of nitrogens with one attached hydrogen (secondary N) is 1. The van der Waals surface area contributed by atoms with Crippen LogP contribution in [0.25, 0.3) is 0 Å². The number of aliphatic hydroxyl groups excluding tert-OH is 1. The van der Waals surface area contributed by atoms with Crippen LogP contribution in [-0.2, 0) is 0 Å². The molecule has 0 aromatic heterocycles. The molecule has 0 amide bonds. The summed E-state index contributed by atoms with van der Waals surface area (Å²) >= 11 is 0. The van der Waals surface area contributed by atoms with E-state index < -0.39 is 0 Å². The SMILES string of the molecule is CCC1CCC(CO)(NCCN(C)C)C1. The summed E-state index contributed by atoms with van der Waals surface area (Å²) in [6.45, 7) is 4.55. The van der Waals surface area contributed by atoms with Crippen LogP contribution in [0.3, 0.4) is 0 Å². The van der Waals surface area contributed by atoms with Gasteiger partial charge in [-0.15, -0.1) is 0 Å². The summed E-state index contributed by atoms with van der Waals surface area (Å²) in [7, 11) is 4.16. The highest BCUT2D eigenvalue weighted by molar-refractivity contribution is 4.95. The zero-order valence-electron chi connectivity index (χ0n) is 10.4. The average Bonchev–Trinajstić information content (AvgIpc) is 2.62. The summed E-state index contributed by atoms with van der Waals surface area (Å²) in [4.78, 5) is 2.17. The monoisotopic (exact) mass is 214 g/mol. The average molecular weight is 214 g/mol. The second-order valence-corrected chi connectivity index (χ2v) is 5.19. The molecule has 15 heavy (non-hydrogen) atoms. The second kappa shape index (κ2) is 5.83. The topological polar surface area (TPSA) is 35.5 Å². The van der Waals surface area contributed by atoms with Crippen molar-refractivity contribution in [3.8, 4) is 0 Å². The van der Waals surface area contributed by atoms with E-state index in [0.717, 1.165) is 31.8 Å². The fourth-order valence-electron chi connectivity index (χ4n) is 2.49. The Kier molecular flexibility index (Phi) is 5.03. The first-order valence-corrected chi connectivity index (χ1v) is 6.12. The van der Waals surface area contributed by atoms with Crippen molar-refractivity contribution in [2.24, 2.45) is 5.92 Å². The Bertz CT molecular complexity index is 184. The number of aliphatic hydroxyl groups is 1. The molecule has 0 radical (unpaired) electrons. The number of hydrogen-bond acceptors (Lipinski definition) is 3. The lowest BCUT2D eigenvalue weighted by molar-refractivity contribution is 0.157. The third-order valence-corrected chi connectivity index (χ3v) is 3.65. The van der Waals surface area contributed by atoms with Gasteiger partial charge in [-0.25, -0.2) is 0 Å². The van der Waals surface area contributed by atoms with Gasteiger partial charge >= 0.3 is 0 Å². The van der Waals surface area contributed by atoms with Crippen molar-refractivity contribution in [1.82, 2.24) is 10.2 Å². The van der Waals surface area contributed by atoms with E-state index in [-0.39, 0.29) is 12.1 Å². The third-order valence-electron chi connectivity index (χ3n) is 3.65. The number of nitrogens with zero attached hydrogens (tertiary/aromatic N) is 1. The van der Waals surface area contributed by atoms with E-state index in [2.05, 4.69) is 31.2 Å². The molecule has 1 aliphatic carbocycles. The van der Waals surface area contributed by atoms with E-state index in [1.165, 1.54) is 12.8 Å². The van der Waals surface area contributed by atoms with Gasteiger partial charge in [-0.3, -0.25) is 0 Å². The highest BCUT2D eigenvalue weighted by Crippen LogP contribution is 2.35. The minimum absolute atomic E-state index is 0.0245. The molecule has 0 aromatic rings. The first-order chi connectivity index (χ1) is 7.12. The lowest BCUT2D eigenvalue weighted by Crippen LogP contribution is -2.48. The van der Waals surface area contributed by atoms with Gasteiger partial charge in [0.05, 0.1) is 6.61 Å². The van der Waals surface area contributed by atoms with Crippen LogP contribution in [-0.4, -0.2) is 49.3 Å². The molecule has 1 rings (SSSR count). The van der Waals surface area contributed by atoms with Crippen LogP contribution < -0.4 is 5.32 Å². The summed E-state index contributed by atoms with van der Waals surface area (Å²) in [6, 6.07) is 0. The largest absolute Gasteiger partial charge is 0.394 e. The molecule has 3 heteroatoms. The zero-order chi connectivity index (χ0) is 11.3. The first kappa shape index (κ1) is 12.9. The van der Waals surface area contributed by atoms with E-state index in [1.54, 1.807) is 0 Å². The zero-order valence-corrected chi connectivity index (χ0v) is 10.4. The van der Waals surface area contributed by atoms with Crippen molar-refractivity contribution in [2.45, 2.75) is 38.1 Å². The number of rotatable bonds is 6. The summed E-state index contributed by atoms with van der Waals surface area (Å²) in [5.41, 5.74) is 0.0245. The maximum absolute atomic E-state index is 9.52. The third kappa shape index (κ3) is 3.74. The van der Waals surface area contributed by atoms with Crippen molar-refractivity contribution in [3.05, 3.63) is 0 Å². The summed E-state index contributed by atoms with van der Waals surface area (Å²) in [5, 5.41) is 13.1. The highest BCUT2D eigenvalue weighted by Gasteiger charge is 2.37. The Morgan fingerprint density at radius 1 is 1.47 bits per heavy atom. The van der Waals surface area contributed by atoms with E-state index >= 15 is 0 Å². The van der Waals surface area contributed by atoms with Crippen molar-refractivity contribution >= 4 is 0 Å². The van der Waals surface area contributed by atoms with Gasteiger partial charge < -0.3 is 15.3 Å². The minimum atomic E-state index is 0.0245. The van der Waals surface area contributed by atoms with Crippen molar-refractivity contribution in [1.29, 1.82) is 0 Å². The van der Waals surface area contributed by atoms with Gasteiger partial charge in [-0.1, -0.05) is 13.3 Å². The lowest BCUT2D eigenvalue weighted by atomic mass is 9.96. The van der Waals surface area contributed by atoms with Crippen molar-refractivity contribution < 1.29 is 5.11 Å². The predicted octanol–water partition coefficient (Wildman–Crippen LogP) is 1.08. The molecule has 0 bridgehead atoms. The molecule has 2 atom stereocenters. The maximum atomic E-state index is 9.52. The van der Waals surface area contributed by atoms with E-state index in [9.17, 15) is 5.11 Å². The first-order valence-electron chi connectivity index (χ1n) is 6.12. The fourth-order valence-corrected chi connectivity index (χ4v) is 2.49. The van der Waals surface area contributed by atoms with Crippen LogP contribution in [0.1, 0.15) is 32.6 Å². The van der Waals surface area contributed by atoms with Gasteiger partial charge in [-0.05, 0) is 39.3 Å². The van der Waals surface area contributed by atoms with Gasteiger partial charge in [-0.2, -0.15) is 0 Å². The Morgan fingerprint density at radius 2 is 2.20 bits per heavy atom. The standard InChI is InChI=1S/C12H26N2O/c1-4-11-5-6-12(9-11,10-15)13-7-8-14(2)3/h11,13,15H,4-10H2,1-3H3. The molecule has 1 saturated carbocycles. The molecule has 0 aliphatic heterocycles. The van der Waals surface area contributed by atoms with Crippen LogP contribution in [0.4, 0.5) is 0 Å². The highest BCUT2D eigenvalue weighted by atomic mass is 16.3. The second-order valence-electron chi connectivity index (χ2n) is 5.19. The van der Waals surface area contributed by atoms with Crippen LogP contribution in [0.2, 0.25) is 0 Å². The van der Waals surface area contributed by atoms with Gasteiger partial charge in [0.2, 0.25) is 0 Å². The number of hydrogen-bond donors (Lipinski definition) is 2. The quantitative estimate of drug-likeness (QED) is 0.694. The Morgan fingerprint density at radius 3 is 2.67 bits per heavy atom. The Labute approximate surface area is 93.9 Å². The molecule has 1 fully saturated rings. The normalized spacial score (nSPS) is 31.4. The summed E-state index contributed by atoms with van der Waals surface area (Å²) in [5.74, 6) is 0.809. The molecule has 0 aromatic carbocycles. The van der Waals surface area contributed by atoms with Crippen LogP contribution in [0.15, 0.2) is 0 Å². The van der Waals surface area contributed by atoms with Gasteiger partial charge in [0.1, 0.15) is 0 Å². The molecule has 3 nitrogen and oxygen atoms in total. The minimum Gasteiger partial charge on any atom is -0.394 e. The lowest BCUT2D eigenvalue weighted by Gasteiger charge is -2.29. The maximum Gasteiger partial charge on any atom is 0.0613 e. The number of likely N-dealkylation sites (N-methyl/N-ethyl adjacent to an activating group) is 1. The van der Waals surface area contributed by atoms with Gasteiger partial charge in [0.15, 0.2) is 0 Å². The molecule has 2 unspecified atom stereocenters. The Hall–Kier alpha value is -0.120. The van der Waals surface area contributed by atoms with Gasteiger partial charge in [0, 0.05) is 18.6 Å². The van der Waals surface area contributed by atoms with Gasteiger partial charge in [0.25, 0.3) is 0 Å².